The van der Waals surface area contributed by atoms with Crippen molar-refractivity contribution in [3.8, 4) is 11.3 Å². The molecule has 0 saturated heterocycles. The number of amides is 1. The summed E-state index contributed by atoms with van der Waals surface area (Å²) < 4.78 is 0. The Bertz CT molecular complexity index is 1230. The lowest BCUT2D eigenvalue weighted by molar-refractivity contribution is 0.0748. The van der Waals surface area contributed by atoms with Gasteiger partial charge in [0.05, 0.1) is 11.7 Å². The Morgan fingerprint density at radius 2 is 1.70 bits per heavy atom. The van der Waals surface area contributed by atoms with E-state index in [9.17, 15) is 4.79 Å². The highest BCUT2D eigenvalue weighted by molar-refractivity contribution is 6.30. The number of hydrogen-bond acceptors (Lipinski definition) is 1. The average molecular weight is 415 g/mol. The van der Waals surface area contributed by atoms with Crippen LogP contribution in [0, 0.1) is 0 Å². The summed E-state index contributed by atoms with van der Waals surface area (Å²) in [6.07, 6.45) is 2.03. The number of para-hydroxylation sites is 1. The van der Waals surface area contributed by atoms with E-state index in [0.29, 0.717) is 5.02 Å². The second-order valence-electron chi connectivity index (χ2n) is 7.81. The number of unbranched alkanes of at least 4 members (excludes halogenated alkanes) is 1. The topological polar surface area (TPSA) is 36.1 Å². The molecule has 0 radical (unpaired) electrons. The van der Waals surface area contributed by atoms with E-state index < -0.39 is 0 Å². The molecule has 0 aliphatic carbocycles. The second kappa shape index (κ2) is 7.66. The van der Waals surface area contributed by atoms with E-state index >= 15 is 0 Å². The van der Waals surface area contributed by atoms with Crippen LogP contribution in [-0.2, 0) is 0 Å². The first-order chi connectivity index (χ1) is 14.7. The molecule has 1 aliphatic heterocycles. The average Bonchev–Trinajstić information content (AvgIpc) is 3.28. The summed E-state index contributed by atoms with van der Waals surface area (Å²) in [4.78, 5) is 19.0. The van der Waals surface area contributed by atoms with Crippen LogP contribution in [0.25, 0.3) is 22.2 Å². The van der Waals surface area contributed by atoms with E-state index in [1.54, 1.807) is 0 Å². The maximum atomic E-state index is 13.3. The molecular weight excluding hydrogens is 392 g/mol. The van der Waals surface area contributed by atoms with E-state index in [4.69, 9.17) is 11.6 Å². The van der Waals surface area contributed by atoms with Crippen molar-refractivity contribution in [3.05, 3.63) is 94.5 Å². The van der Waals surface area contributed by atoms with Gasteiger partial charge < -0.3 is 9.88 Å². The maximum absolute atomic E-state index is 13.3. The number of aromatic amines is 1. The Balaban J connectivity index is 1.77. The molecule has 0 spiro atoms. The number of nitrogens with one attached hydrogen (secondary N) is 1. The van der Waals surface area contributed by atoms with Crippen LogP contribution in [0.3, 0.4) is 0 Å². The largest absolute Gasteiger partial charge is 0.354 e. The van der Waals surface area contributed by atoms with Gasteiger partial charge in [-0.3, -0.25) is 4.79 Å². The summed E-state index contributed by atoms with van der Waals surface area (Å²) in [6, 6.07) is 24.1. The fraction of sp³-hybridized carbons (Fsp3) is 0.192. The predicted octanol–water partition coefficient (Wildman–Crippen LogP) is 6.83. The molecule has 1 atom stereocenters. The Labute approximate surface area is 181 Å². The molecule has 0 fully saturated rings. The molecule has 3 aromatic carbocycles. The van der Waals surface area contributed by atoms with Gasteiger partial charge in [-0.1, -0.05) is 73.5 Å². The summed E-state index contributed by atoms with van der Waals surface area (Å²) in [5.74, 6) is 0.122. The van der Waals surface area contributed by atoms with Gasteiger partial charge in [-0.25, -0.2) is 0 Å². The zero-order valence-corrected chi connectivity index (χ0v) is 17.6. The van der Waals surface area contributed by atoms with Gasteiger partial charge in [0.2, 0.25) is 0 Å². The molecule has 1 aromatic heterocycles. The van der Waals surface area contributed by atoms with E-state index in [1.165, 1.54) is 0 Å². The first kappa shape index (κ1) is 19.0. The predicted molar refractivity (Wildman–Crippen MR) is 123 cm³/mol. The van der Waals surface area contributed by atoms with Crippen LogP contribution in [0.1, 0.15) is 47.3 Å². The molecule has 1 amide bonds. The highest BCUT2D eigenvalue weighted by Crippen LogP contribution is 2.45. The van der Waals surface area contributed by atoms with Crippen LogP contribution < -0.4 is 0 Å². The number of carbonyl (C=O) groups is 1. The van der Waals surface area contributed by atoms with Crippen LogP contribution >= 0.6 is 11.6 Å². The number of benzene rings is 3. The number of fused-ring (bicyclic) bond motifs is 2. The number of nitrogens with zero attached hydrogens (tertiary/aromatic N) is 1. The maximum Gasteiger partial charge on any atom is 0.255 e. The Kier molecular flexibility index (Phi) is 4.84. The number of halogens is 1. The molecule has 1 aliphatic rings. The molecule has 0 saturated carbocycles. The number of H-pyrrole nitrogens is 1. The van der Waals surface area contributed by atoms with Crippen LogP contribution in [-0.4, -0.2) is 22.3 Å². The molecule has 3 nitrogen and oxygen atoms in total. The molecule has 30 heavy (non-hydrogen) atoms. The lowest BCUT2D eigenvalue weighted by Gasteiger charge is -2.26. The minimum atomic E-state index is -0.109. The SMILES string of the molecule is CCCCN1C(=O)c2ccccc2[C@H]1c1c(-c2ccc(Cl)cc2)[nH]c2ccccc12. The summed E-state index contributed by atoms with van der Waals surface area (Å²) >= 11 is 6.15. The molecule has 4 aromatic rings. The van der Waals surface area contributed by atoms with Gasteiger partial charge in [-0.2, -0.15) is 0 Å². The lowest BCUT2D eigenvalue weighted by Crippen LogP contribution is -2.30. The Morgan fingerprint density at radius 1 is 0.967 bits per heavy atom. The van der Waals surface area contributed by atoms with Crippen molar-refractivity contribution >= 4 is 28.4 Å². The van der Waals surface area contributed by atoms with E-state index in [1.807, 2.05) is 53.4 Å². The van der Waals surface area contributed by atoms with Crippen LogP contribution in [0.15, 0.2) is 72.8 Å². The van der Waals surface area contributed by atoms with Crippen LogP contribution in [0.2, 0.25) is 5.02 Å². The van der Waals surface area contributed by atoms with Gasteiger partial charge in [0, 0.05) is 33.6 Å². The lowest BCUT2D eigenvalue weighted by atomic mass is 9.93. The molecular formula is C26H23ClN2O. The van der Waals surface area contributed by atoms with Gasteiger partial charge in [0.25, 0.3) is 5.91 Å². The number of rotatable bonds is 5. The van der Waals surface area contributed by atoms with E-state index in [0.717, 1.165) is 58.2 Å². The highest BCUT2D eigenvalue weighted by Gasteiger charge is 2.39. The first-order valence-electron chi connectivity index (χ1n) is 10.5. The normalized spacial score (nSPS) is 15.7. The summed E-state index contributed by atoms with van der Waals surface area (Å²) in [5.41, 5.74) is 6.23. The van der Waals surface area contributed by atoms with Crippen LogP contribution in [0.4, 0.5) is 0 Å². The fourth-order valence-corrected chi connectivity index (χ4v) is 4.66. The van der Waals surface area contributed by atoms with Gasteiger partial charge >= 0.3 is 0 Å². The van der Waals surface area contributed by atoms with Crippen molar-refractivity contribution in [2.75, 3.05) is 6.54 Å². The van der Waals surface area contributed by atoms with Crippen molar-refractivity contribution < 1.29 is 4.79 Å². The summed E-state index contributed by atoms with van der Waals surface area (Å²) in [7, 11) is 0. The quantitative estimate of drug-likeness (QED) is 0.381. The number of carbonyl (C=O) groups excluding carboxylic acids is 1. The second-order valence-corrected chi connectivity index (χ2v) is 8.24. The minimum Gasteiger partial charge on any atom is -0.354 e. The van der Waals surface area contributed by atoms with Crippen molar-refractivity contribution in [1.82, 2.24) is 9.88 Å². The molecule has 1 N–H and O–H groups in total. The highest BCUT2D eigenvalue weighted by atomic mass is 35.5. The Morgan fingerprint density at radius 3 is 2.50 bits per heavy atom. The first-order valence-corrected chi connectivity index (χ1v) is 10.8. The van der Waals surface area contributed by atoms with Crippen molar-refractivity contribution in [2.24, 2.45) is 0 Å². The van der Waals surface area contributed by atoms with Gasteiger partial charge in [0.15, 0.2) is 0 Å². The van der Waals surface area contributed by atoms with Crippen molar-refractivity contribution in [1.29, 1.82) is 0 Å². The monoisotopic (exact) mass is 414 g/mol. The molecule has 5 rings (SSSR count). The Hall–Kier alpha value is -3.04. The van der Waals surface area contributed by atoms with E-state index in [2.05, 4.69) is 36.2 Å². The zero-order chi connectivity index (χ0) is 20.7. The molecule has 0 bridgehead atoms. The van der Waals surface area contributed by atoms with Crippen molar-refractivity contribution in [2.45, 2.75) is 25.8 Å². The molecule has 4 heteroatoms. The standard InChI is InChI=1S/C26H23ClN2O/c1-2-3-16-29-25(19-8-4-5-9-20(19)26(29)30)23-21-10-6-7-11-22(21)28-24(23)17-12-14-18(27)15-13-17/h4-15,25,28H,2-3,16H2,1H3/t25-/m0/s1. The summed E-state index contributed by atoms with van der Waals surface area (Å²) in [5, 5.41) is 1.86. The number of aromatic nitrogens is 1. The third kappa shape index (κ3) is 3.01. The fourth-order valence-electron chi connectivity index (χ4n) is 4.53. The third-order valence-electron chi connectivity index (χ3n) is 5.96. The van der Waals surface area contributed by atoms with E-state index in [-0.39, 0.29) is 11.9 Å². The summed E-state index contributed by atoms with van der Waals surface area (Å²) in [6.45, 7) is 2.90. The number of hydrogen-bond donors (Lipinski definition) is 1. The molecule has 150 valence electrons. The van der Waals surface area contributed by atoms with Gasteiger partial charge in [-0.05, 0) is 41.8 Å². The minimum absolute atomic E-state index is 0.109. The van der Waals surface area contributed by atoms with Crippen molar-refractivity contribution in [3.63, 3.8) is 0 Å². The van der Waals surface area contributed by atoms with Gasteiger partial charge in [0.1, 0.15) is 0 Å². The van der Waals surface area contributed by atoms with Gasteiger partial charge in [-0.15, -0.1) is 0 Å². The third-order valence-corrected chi connectivity index (χ3v) is 6.22. The van der Waals surface area contributed by atoms with Crippen LogP contribution in [0.5, 0.6) is 0 Å². The molecule has 2 heterocycles. The molecule has 0 unspecified atom stereocenters. The smallest absolute Gasteiger partial charge is 0.255 e. The zero-order valence-electron chi connectivity index (χ0n) is 16.9.